The molecular formula is C19H28N4OS. The molecule has 1 aromatic rings. The van der Waals surface area contributed by atoms with E-state index in [2.05, 4.69) is 21.7 Å². The monoisotopic (exact) mass is 360 g/mol. The Morgan fingerprint density at radius 3 is 2.56 bits per heavy atom. The number of nitrogens with zero attached hydrogens (tertiary/aromatic N) is 1. The molecule has 1 aromatic carbocycles. The van der Waals surface area contributed by atoms with Crippen LogP contribution in [0.3, 0.4) is 0 Å². The van der Waals surface area contributed by atoms with E-state index in [1.165, 1.54) is 44.1 Å². The highest BCUT2D eigenvalue weighted by Gasteiger charge is 2.24. The van der Waals surface area contributed by atoms with Crippen LogP contribution in [0.15, 0.2) is 46.1 Å². The summed E-state index contributed by atoms with van der Waals surface area (Å²) in [5.41, 5.74) is 7.24. The number of rotatable bonds is 6. The molecule has 0 spiro atoms. The van der Waals surface area contributed by atoms with E-state index in [0.29, 0.717) is 17.9 Å². The van der Waals surface area contributed by atoms with Gasteiger partial charge >= 0.3 is 0 Å². The van der Waals surface area contributed by atoms with E-state index >= 15 is 0 Å². The minimum Gasteiger partial charge on any atom is -0.370 e. The normalized spacial score (nSPS) is 21.7. The SMILES string of the molecule is NC1=NC(NCCc2ccc(SO)cc2)=CC(C2CCCCCC2)N1. The summed E-state index contributed by atoms with van der Waals surface area (Å²) in [7, 11) is 0. The first-order valence-corrected chi connectivity index (χ1v) is 9.98. The largest absolute Gasteiger partial charge is 0.370 e. The second kappa shape index (κ2) is 9.15. The number of nitrogens with two attached hydrogens (primary N) is 1. The molecule has 2 aliphatic rings. The lowest BCUT2D eigenvalue weighted by atomic mass is 9.91. The molecule has 1 unspecified atom stereocenters. The van der Waals surface area contributed by atoms with Gasteiger partial charge in [0.25, 0.3) is 0 Å². The number of guanidine groups is 1. The van der Waals surface area contributed by atoms with Crippen molar-refractivity contribution in [2.24, 2.45) is 16.6 Å². The Labute approximate surface area is 154 Å². The molecule has 1 saturated carbocycles. The first-order valence-electron chi connectivity index (χ1n) is 9.21. The Balaban J connectivity index is 1.54. The summed E-state index contributed by atoms with van der Waals surface area (Å²) in [6.07, 6.45) is 11.0. The van der Waals surface area contributed by atoms with E-state index < -0.39 is 0 Å². The van der Waals surface area contributed by atoms with Gasteiger partial charge < -0.3 is 20.9 Å². The summed E-state index contributed by atoms with van der Waals surface area (Å²) in [5.74, 6) is 2.05. The summed E-state index contributed by atoms with van der Waals surface area (Å²) in [6, 6.07) is 8.25. The smallest absolute Gasteiger partial charge is 0.195 e. The Morgan fingerprint density at radius 1 is 1.16 bits per heavy atom. The zero-order valence-corrected chi connectivity index (χ0v) is 15.4. The maximum absolute atomic E-state index is 9.01. The van der Waals surface area contributed by atoms with Crippen molar-refractivity contribution in [2.75, 3.05) is 6.54 Å². The van der Waals surface area contributed by atoms with Crippen LogP contribution in [0.5, 0.6) is 0 Å². The fourth-order valence-corrected chi connectivity index (χ4v) is 3.91. The molecule has 0 amide bonds. The minimum atomic E-state index is 0.291. The number of aliphatic imine (C=N–C) groups is 1. The van der Waals surface area contributed by atoms with Crippen LogP contribution < -0.4 is 16.4 Å². The average Bonchev–Trinajstić information content (AvgIpc) is 2.91. The molecule has 3 rings (SSSR count). The van der Waals surface area contributed by atoms with Crippen molar-refractivity contribution in [3.8, 4) is 0 Å². The molecule has 136 valence electrons. The van der Waals surface area contributed by atoms with Crippen molar-refractivity contribution in [3.05, 3.63) is 41.7 Å². The van der Waals surface area contributed by atoms with Gasteiger partial charge in [0.1, 0.15) is 5.82 Å². The van der Waals surface area contributed by atoms with E-state index in [-0.39, 0.29) is 0 Å². The molecular weight excluding hydrogens is 332 g/mol. The fraction of sp³-hybridized carbons (Fsp3) is 0.526. The molecule has 5 nitrogen and oxygen atoms in total. The molecule has 1 heterocycles. The highest BCUT2D eigenvalue weighted by Crippen LogP contribution is 2.27. The van der Waals surface area contributed by atoms with Crippen LogP contribution >= 0.6 is 12.0 Å². The third kappa shape index (κ3) is 5.41. The van der Waals surface area contributed by atoms with Gasteiger partial charge in [-0.1, -0.05) is 37.8 Å². The minimum absolute atomic E-state index is 0.291. The fourth-order valence-electron chi connectivity index (χ4n) is 3.66. The number of benzene rings is 1. The maximum atomic E-state index is 9.01. The number of nitrogens with one attached hydrogen (secondary N) is 2. The second-order valence-electron chi connectivity index (χ2n) is 6.88. The topological polar surface area (TPSA) is 82.7 Å². The van der Waals surface area contributed by atoms with Crippen molar-refractivity contribution in [2.45, 2.75) is 55.9 Å². The average molecular weight is 361 g/mol. The first-order chi connectivity index (χ1) is 12.2. The lowest BCUT2D eigenvalue weighted by Gasteiger charge is -2.28. The van der Waals surface area contributed by atoms with E-state index in [9.17, 15) is 0 Å². The van der Waals surface area contributed by atoms with Crippen molar-refractivity contribution in [3.63, 3.8) is 0 Å². The predicted octanol–water partition coefficient (Wildman–Crippen LogP) is 3.48. The van der Waals surface area contributed by atoms with Crippen molar-refractivity contribution in [1.29, 1.82) is 0 Å². The molecule has 0 saturated heterocycles. The number of hydrogen-bond acceptors (Lipinski definition) is 6. The molecule has 1 aliphatic carbocycles. The summed E-state index contributed by atoms with van der Waals surface area (Å²) in [4.78, 5) is 5.27. The summed E-state index contributed by atoms with van der Waals surface area (Å²) < 4.78 is 9.01. The quantitative estimate of drug-likeness (QED) is 0.461. The number of hydrogen-bond donors (Lipinski definition) is 4. The van der Waals surface area contributed by atoms with Crippen LogP contribution in [-0.4, -0.2) is 23.1 Å². The van der Waals surface area contributed by atoms with E-state index in [4.69, 9.17) is 10.3 Å². The highest BCUT2D eigenvalue weighted by molar-refractivity contribution is 7.93. The molecule has 0 radical (unpaired) electrons. The second-order valence-corrected chi connectivity index (χ2v) is 7.54. The molecule has 5 N–H and O–H groups in total. The van der Waals surface area contributed by atoms with Crippen molar-refractivity contribution < 1.29 is 4.55 Å². The Hall–Kier alpha value is -1.66. The standard InChI is InChI=1S/C19H28N4OS/c20-19-22-17(15-5-3-1-2-4-6-15)13-18(23-19)21-12-11-14-7-9-16(25-24)10-8-14/h7-10,13,15,17,21,24H,1-6,11-12H2,(H3,20,22,23). The first kappa shape index (κ1) is 18.1. The van der Waals surface area contributed by atoms with Crippen LogP contribution in [0.2, 0.25) is 0 Å². The summed E-state index contributed by atoms with van der Waals surface area (Å²) in [6.45, 7) is 0.811. The van der Waals surface area contributed by atoms with Crippen LogP contribution in [0.4, 0.5) is 0 Å². The van der Waals surface area contributed by atoms with E-state index in [0.717, 1.165) is 35.7 Å². The summed E-state index contributed by atoms with van der Waals surface area (Å²) >= 11 is 0.776. The van der Waals surface area contributed by atoms with Gasteiger partial charge in [0.15, 0.2) is 5.96 Å². The van der Waals surface area contributed by atoms with E-state index in [1.54, 1.807) is 0 Å². The van der Waals surface area contributed by atoms with Gasteiger partial charge in [-0.25, -0.2) is 0 Å². The molecule has 1 atom stereocenters. The van der Waals surface area contributed by atoms with Crippen molar-refractivity contribution >= 4 is 18.0 Å². The van der Waals surface area contributed by atoms with Crippen molar-refractivity contribution in [1.82, 2.24) is 10.6 Å². The zero-order valence-electron chi connectivity index (χ0n) is 14.6. The van der Waals surface area contributed by atoms with E-state index in [1.807, 2.05) is 24.3 Å². The van der Waals surface area contributed by atoms with Gasteiger partial charge in [0.05, 0.1) is 6.04 Å². The van der Waals surface area contributed by atoms with Gasteiger partial charge in [-0.05, 0) is 49.0 Å². The molecule has 6 heteroatoms. The van der Waals surface area contributed by atoms with Crippen LogP contribution in [-0.2, 0) is 6.42 Å². The molecule has 0 aromatic heterocycles. The third-order valence-electron chi connectivity index (χ3n) is 5.05. The lowest BCUT2D eigenvalue weighted by Crippen LogP contribution is -2.46. The molecule has 0 bridgehead atoms. The van der Waals surface area contributed by atoms with Crippen LogP contribution in [0.1, 0.15) is 44.1 Å². The lowest BCUT2D eigenvalue weighted by molar-refractivity contribution is 0.390. The molecule has 25 heavy (non-hydrogen) atoms. The van der Waals surface area contributed by atoms with Gasteiger partial charge in [-0.2, -0.15) is 4.99 Å². The highest BCUT2D eigenvalue weighted by atomic mass is 32.2. The maximum Gasteiger partial charge on any atom is 0.195 e. The Morgan fingerprint density at radius 2 is 1.88 bits per heavy atom. The Bertz CT molecular complexity index is 606. The molecule has 1 aliphatic heterocycles. The van der Waals surface area contributed by atoms with Gasteiger partial charge in [0.2, 0.25) is 0 Å². The third-order valence-corrected chi connectivity index (χ3v) is 5.53. The van der Waals surface area contributed by atoms with Crippen LogP contribution in [0, 0.1) is 5.92 Å². The predicted molar refractivity (Wildman–Crippen MR) is 104 cm³/mol. The van der Waals surface area contributed by atoms with Gasteiger partial charge in [-0.3, -0.25) is 0 Å². The Kier molecular flexibility index (Phi) is 6.64. The molecule has 1 fully saturated rings. The zero-order chi connectivity index (χ0) is 17.5. The van der Waals surface area contributed by atoms with Gasteiger partial charge in [0, 0.05) is 23.5 Å². The van der Waals surface area contributed by atoms with Gasteiger partial charge in [-0.15, -0.1) is 0 Å². The summed E-state index contributed by atoms with van der Waals surface area (Å²) in [5, 5.41) is 6.76. The van der Waals surface area contributed by atoms with Crippen LogP contribution in [0.25, 0.3) is 0 Å².